The minimum absolute atomic E-state index is 0.0566. The third-order valence-corrected chi connectivity index (χ3v) is 6.00. The predicted octanol–water partition coefficient (Wildman–Crippen LogP) is 0.0447. The molecule has 0 spiro atoms. The van der Waals surface area contributed by atoms with E-state index in [0.29, 0.717) is 26.2 Å². The molecular formula is C12H24N2O4S. The Morgan fingerprint density at radius 1 is 1.32 bits per heavy atom. The van der Waals surface area contributed by atoms with E-state index in [9.17, 15) is 13.5 Å². The van der Waals surface area contributed by atoms with E-state index in [1.54, 1.807) is 4.31 Å². The zero-order valence-corrected chi connectivity index (χ0v) is 12.5. The first kappa shape index (κ1) is 15.2. The fourth-order valence-electron chi connectivity index (χ4n) is 2.73. The molecule has 2 saturated heterocycles. The van der Waals surface area contributed by atoms with Crippen LogP contribution in [0, 0.1) is 5.92 Å². The number of hydrogen-bond donors (Lipinski definition) is 1. The number of nitrogens with zero attached hydrogens (tertiary/aromatic N) is 2. The second-order valence-corrected chi connectivity index (χ2v) is 7.50. The van der Waals surface area contributed by atoms with Gasteiger partial charge < -0.3 is 9.84 Å². The van der Waals surface area contributed by atoms with Crippen LogP contribution in [0.15, 0.2) is 0 Å². The molecule has 112 valence electrons. The van der Waals surface area contributed by atoms with Crippen LogP contribution in [-0.4, -0.2) is 67.1 Å². The van der Waals surface area contributed by atoms with E-state index in [0.717, 1.165) is 12.8 Å². The Morgan fingerprint density at radius 3 is 2.74 bits per heavy atom. The van der Waals surface area contributed by atoms with E-state index in [1.165, 1.54) is 4.31 Å². The molecule has 3 unspecified atom stereocenters. The maximum absolute atomic E-state index is 12.7. The number of rotatable bonds is 3. The smallest absolute Gasteiger partial charge is 0.282 e. The minimum Gasteiger partial charge on any atom is -0.396 e. The van der Waals surface area contributed by atoms with Crippen molar-refractivity contribution in [3.8, 4) is 0 Å². The Kier molecular flexibility index (Phi) is 4.84. The van der Waals surface area contributed by atoms with Gasteiger partial charge in [-0.2, -0.15) is 17.0 Å². The quantitative estimate of drug-likeness (QED) is 0.797. The van der Waals surface area contributed by atoms with Gasteiger partial charge in [0.2, 0.25) is 0 Å². The van der Waals surface area contributed by atoms with Crippen molar-refractivity contribution in [1.29, 1.82) is 0 Å². The molecule has 7 heteroatoms. The molecule has 2 aliphatic heterocycles. The highest BCUT2D eigenvalue weighted by Gasteiger charge is 2.38. The molecule has 0 saturated carbocycles. The van der Waals surface area contributed by atoms with Gasteiger partial charge in [-0.05, 0) is 32.6 Å². The van der Waals surface area contributed by atoms with E-state index < -0.39 is 10.2 Å². The maximum Gasteiger partial charge on any atom is 0.282 e. The molecule has 19 heavy (non-hydrogen) atoms. The van der Waals surface area contributed by atoms with Crippen LogP contribution in [0.3, 0.4) is 0 Å². The summed E-state index contributed by atoms with van der Waals surface area (Å²) < 4.78 is 33.9. The number of ether oxygens (including phenoxy) is 1. The van der Waals surface area contributed by atoms with Crippen molar-refractivity contribution in [3.63, 3.8) is 0 Å². The van der Waals surface area contributed by atoms with Gasteiger partial charge in [0.15, 0.2) is 0 Å². The summed E-state index contributed by atoms with van der Waals surface area (Å²) in [6.45, 7) is 5.65. The highest BCUT2D eigenvalue weighted by Crippen LogP contribution is 2.24. The molecule has 0 bridgehead atoms. The summed E-state index contributed by atoms with van der Waals surface area (Å²) in [5.41, 5.74) is 0. The Balaban J connectivity index is 2.12. The number of aliphatic hydroxyl groups excluding tert-OH is 1. The standard InChI is InChI=1S/C12H24N2O4S/c1-10-9-18-11(2)6-14(10)19(16,17)13-5-3-4-12(7-13)8-15/h10-12,15H,3-9H2,1-2H3. The summed E-state index contributed by atoms with van der Waals surface area (Å²) in [4.78, 5) is 0. The van der Waals surface area contributed by atoms with E-state index in [1.807, 2.05) is 13.8 Å². The molecule has 3 atom stereocenters. The normalized spacial score (nSPS) is 35.4. The summed E-state index contributed by atoms with van der Waals surface area (Å²) in [5, 5.41) is 9.22. The lowest BCUT2D eigenvalue weighted by Crippen LogP contribution is -2.56. The molecule has 0 aromatic rings. The summed E-state index contributed by atoms with van der Waals surface area (Å²) in [7, 11) is -3.43. The zero-order chi connectivity index (χ0) is 14.0. The summed E-state index contributed by atoms with van der Waals surface area (Å²) >= 11 is 0. The molecule has 0 aliphatic carbocycles. The predicted molar refractivity (Wildman–Crippen MR) is 71.9 cm³/mol. The van der Waals surface area contributed by atoms with Gasteiger partial charge in [0.05, 0.1) is 12.7 Å². The van der Waals surface area contributed by atoms with Crippen molar-refractivity contribution >= 4 is 10.2 Å². The van der Waals surface area contributed by atoms with Crippen LogP contribution in [0.1, 0.15) is 26.7 Å². The molecule has 0 aromatic heterocycles. The molecule has 2 aliphatic rings. The Bertz CT molecular complexity index is 401. The second kappa shape index (κ2) is 6.05. The van der Waals surface area contributed by atoms with Crippen molar-refractivity contribution in [3.05, 3.63) is 0 Å². The van der Waals surface area contributed by atoms with Crippen LogP contribution in [0.4, 0.5) is 0 Å². The van der Waals surface area contributed by atoms with Gasteiger partial charge in [-0.25, -0.2) is 0 Å². The van der Waals surface area contributed by atoms with Gasteiger partial charge in [0, 0.05) is 32.3 Å². The fourth-order valence-corrected chi connectivity index (χ4v) is 4.70. The second-order valence-electron chi connectivity index (χ2n) is 5.62. The third-order valence-electron chi connectivity index (χ3n) is 3.91. The number of morpholine rings is 1. The lowest BCUT2D eigenvalue weighted by molar-refractivity contribution is -0.0196. The van der Waals surface area contributed by atoms with Crippen LogP contribution in [0.5, 0.6) is 0 Å². The van der Waals surface area contributed by atoms with Gasteiger partial charge in [-0.3, -0.25) is 0 Å². The van der Waals surface area contributed by atoms with Crippen LogP contribution in [0.25, 0.3) is 0 Å². The number of hydrogen-bond acceptors (Lipinski definition) is 4. The SMILES string of the molecule is CC1CN(S(=O)(=O)N2CCCC(CO)C2)C(C)CO1. The molecular weight excluding hydrogens is 268 g/mol. The third kappa shape index (κ3) is 3.28. The van der Waals surface area contributed by atoms with Crippen molar-refractivity contribution in [1.82, 2.24) is 8.61 Å². The Labute approximate surface area is 115 Å². The van der Waals surface area contributed by atoms with Crippen molar-refractivity contribution in [2.45, 2.75) is 38.8 Å². The Morgan fingerprint density at radius 2 is 2.05 bits per heavy atom. The largest absolute Gasteiger partial charge is 0.396 e. The molecule has 0 amide bonds. The topological polar surface area (TPSA) is 70.1 Å². The monoisotopic (exact) mass is 292 g/mol. The Hall–Kier alpha value is -0.210. The van der Waals surface area contributed by atoms with E-state index in [-0.39, 0.29) is 24.7 Å². The fraction of sp³-hybridized carbons (Fsp3) is 1.00. The van der Waals surface area contributed by atoms with Gasteiger partial charge >= 0.3 is 0 Å². The molecule has 2 heterocycles. The summed E-state index contributed by atoms with van der Waals surface area (Å²) in [6.07, 6.45) is 1.65. The van der Waals surface area contributed by atoms with E-state index >= 15 is 0 Å². The molecule has 6 nitrogen and oxygen atoms in total. The average Bonchev–Trinajstić information content (AvgIpc) is 2.41. The number of aliphatic hydroxyl groups is 1. The minimum atomic E-state index is -3.43. The van der Waals surface area contributed by atoms with Crippen molar-refractivity contribution < 1.29 is 18.3 Å². The van der Waals surface area contributed by atoms with Crippen molar-refractivity contribution in [2.24, 2.45) is 5.92 Å². The lowest BCUT2D eigenvalue weighted by atomic mass is 10.0. The summed E-state index contributed by atoms with van der Waals surface area (Å²) in [6, 6.07) is -0.129. The van der Waals surface area contributed by atoms with Gasteiger partial charge in [0.25, 0.3) is 10.2 Å². The van der Waals surface area contributed by atoms with E-state index in [2.05, 4.69) is 0 Å². The molecule has 0 aromatic carbocycles. The van der Waals surface area contributed by atoms with Gasteiger partial charge in [-0.15, -0.1) is 0 Å². The van der Waals surface area contributed by atoms with Gasteiger partial charge in [0.1, 0.15) is 0 Å². The highest BCUT2D eigenvalue weighted by atomic mass is 32.2. The van der Waals surface area contributed by atoms with Crippen LogP contribution in [0.2, 0.25) is 0 Å². The molecule has 2 fully saturated rings. The lowest BCUT2D eigenvalue weighted by Gasteiger charge is -2.40. The average molecular weight is 292 g/mol. The first-order chi connectivity index (χ1) is 8.95. The maximum atomic E-state index is 12.7. The van der Waals surface area contributed by atoms with Crippen LogP contribution < -0.4 is 0 Å². The van der Waals surface area contributed by atoms with Crippen molar-refractivity contribution in [2.75, 3.05) is 32.8 Å². The van der Waals surface area contributed by atoms with Crippen LogP contribution in [-0.2, 0) is 14.9 Å². The van der Waals surface area contributed by atoms with E-state index in [4.69, 9.17) is 4.74 Å². The molecule has 1 N–H and O–H groups in total. The first-order valence-electron chi connectivity index (χ1n) is 6.94. The zero-order valence-electron chi connectivity index (χ0n) is 11.7. The first-order valence-corrected chi connectivity index (χ1v) is 8.34. The summed E-state index contributed by atoms with van der Waals surface area (Å²) in [5.74, 6) is 0.0669. The van der Waals surface area contributed by atoms with Gasteiger partial charge in [-0.1, -0.05) is 0 Å². The van der Waals surface area contributed by atoms with Crippen LogP contribution >= 0.6 is 0 Å². The molecule has 0 radical (unpaired) electrons. The molecule has 2 rings (SSSR count). The highest BCUT2D eigenvalue weighted by molar-refractivity contribution is 7.86. The number of piperidine rings is 1.